The molecule has 0 fully saturated rings. The Bertz CT molecular complexity index is 304. The molecule has 84 valence electrons. The smallest absolute Gasteiger partial charge is 0.101 e. The fourth-order valence-electron chi connectivity index (χ4n) is 1.28. The predicted octanol–water partition coefficient (Wildman–Crippen LogP) is 1.96. The standard InChI is InChI=1S/C11H18N2OS/c1-8(5-7-14)15-11-10(9(2)12)4-3-6-13-11/h3-4,6,8-9,14H,5,7,12H2,1-2H3. The molecule has 3 nitrogen and oxygen atoms in total. The molecule has 1 heterocycles. The van der Waals surface area contributed by atoms with Gasteiger partial charge in [0.25, 0.3) is 0 Å². The molecule has 0 saturated heterocycles. The molecule has 0 aliphatic rings. The number of hydrogen-bond acceptors (Lipinski definition) is 4. The van der Waals surface area contributed by atoms with Crippen molar-refractivity contribution in [1.29, 1.82) is 0 Å². The van der Waals surface area contributed by atoms with Gasteiger partial charge >= 0.3 is 0 Å². The molecule has 0 spiro atoms. The van der Waals surface area contributed by atoms with Crippen molar-refractivity contribution in [2.24, 2.45) is 5.73 Å². The molecule has 1 aromatic heterocycles. The number of thioether (sulfide) groups is 1. The van der Waals surface area contributed by atoms with Crippen LogP contribution in [0.4, 0.5) is 0 Å². The minimum atomic E-state index is 0.00234. The summed E-state index contributed by atoms with van der Waals surface area (Å²) < 4.78 is 0. The van der Waals surface area contributed by atoms with Crippen molar-refractivity contribution in [3.63, 3.8) is 0 Å². The maximum atomic E-state index is 8.83. The van der Waals surface area contributed by atoms with Gasteiger partial charge in [0.2, 0.25) is 0 Å². The Balaban J connectivity index is 2.75. The van der Waals surface area contributed by atoms with Crippen LogP contribution in [0.5, 0.6) is 0 Å². The van der Waals surface area contributed by atoms with Crippen molar-refractivity contribution < 1.29 is 5.11 Å². The number of aliphatic hydroxyl groups excluding tert-OH is 1. The maximum Gasteiger partial charge on any atom is 0.101 e. The number of aromatic nitrogens is 1. The molecule has 4 heteroatoms. The Hall–Kier alpha value is -0.580. The Labute approximate surface area is 95.1 Å². The lowest BCUT2D eigenvalue weighted by atomic mass is 10.2. The summed E-state index contributed by atoms with van der Waals surface area (Å²) in [6.45, 7) is 4.26. The largest absolute Gasteiger partial charge is 0.396 e. The molecule has 0 aromatic carbocycles. The first-order valence-corrected chi connectivity index (χ1v) is 6.01. The minimum Gasteiger partial charge on any atom is -0.396 e. The molecule has 1 aromatic rings. The average Bonchev–Trinajstić information content (AvgIpc) is 2.18. The van der Waals surface area contributed by atoms with Gasteiger partial charge in [-0.15, -0.1) is 11.8 Å². The zero-order chi connectivity index (χ0) is 11.3. The number of nitrogens with zero attached hydrogens (tertiary/aromatic N) is 1. The normalized spacial score (nSPS) is 14.9. The van der Waals surface area contributed by atoms with Crippen LogP contribution in [-0.4, -0.2) is 21.9 Å². The molecular weight excluding hydrogens is 208 g/mol. The van der Waals surface area contributed by atoms with E-state index in [4.69, 9.17) is 10.8 Å². The zero-order valence-electron chi connectivity index (χ0n) is 9.18. The molecule has 0 aliphatic carbocycles. The van der Waals surface area contributed by atoms with Crippen LogP contribution in [0.2, 0.25) is 0 Å². The highest BCUT2D eigenvalue weighted by molar-refractivity contribution is 7.99. The summed E-state index contributed by atoms with van der Waals surface area (Å²) in [7, 11) is 0. The lowest BCUT2D eigenvalue weighted by molar-refractivity contribution is 0.289. The first-order chi connectivity index (χ1) is 7.15. The second-order valence-electron chi connectivity index (χ2n) is 3.63. The summed E-state index contributed by atoms with van der Waals surface area (Å²) in [5.41, 5.74) is 6.94. The lowest BCUT2D eigenvalue weighted by Crippen LogP contribution is -2.09. The van der Waals surface area contributed by atoms with Crippen molar-refractivity contribution in [2.45, 2.75) is 36.6 Å². The summed E-state index contributed by atoms with van der Waals surface area (Å²) in [5, 5.41) is 10.2. The predicted molar refractivity (Wildman–Crippen MR) is 63.9 cm³/mol. The third-order valence-electron chi connectivity index (χ3n) is 2.14. The van der Waals surface area contributed by atoms with Gasteiger partial charge in [0, 0.05) is 29.7 Å². The van der Waals surface area contributed by atoms with E-state index >= 15 is 0 Å². The topological polar surface area (TPSA) is 59.1 Å². The van der Waals surface area contributed by atoms with Crippen LogP contribution >= 0.6 is 11.8 Å². The van der Waals surface area contributed by atoms with E-state index in [0.717, 1.165) is 17.0 Å². The van der Waals surface area contributed by atoms with Gasteiger partial charge < -0.3 is 10.8 Å². The van der Waals surface area contributed by atoms with Crippen molar-refractivity contribution in [1.82, 2.24) is 4.98 Å². The van der Waals surface area contributed by atoms with E-state index in [1.165, 1.54) is 0 Å². The number of pyridine rings is 1. The van der Waals surface area contributed by atoms with E-state index in [2.05, 4.69) is 11.9 Å². The first-order valence-electron chi connectivity index (χ1n) is 5.13. The number of aliphatic hydroxyl groups is 1. The molecule has 0 amide bonds. The highest BCUT2D eigenvalue weighted by atomic mass is 32.2. The van der Waals surface area contributed by atoms with Crippen molar-refractivity contribution >= 4 is 11.8 Å². The minimum absolute atomic E-state index is 0.00234. The fourth-order valence-corrected chi connectivity index (χ4v) is 2.40. The number of hydrogen-bond donors (Lipinski definition) is 2. The number of nitrogens with two attached hydrogens (primary N) is 1. The molecule has 2 atom stereocenters. The third kappa shape index (κ3) is 3.81. The van der Waals surface area contributed by atoms with Crippen molar-refractivity contribution in [3.8, 4) is 0 Å². The van der Waals surface area contributed by atoms with Crippen LogP contribution in [-0.2, 0) is 0 Å². The first kappa shape index (κ1) is 12.5. The maximum absolute atomic E-state index is 8.83. The monoisotopic (exact) mass is 226 g/mol. The van der Waals surface area contributed by atoms with E-state index < -0.39 is 0 Å². The van der Waals surface area contributed by atoms with E-state index in [1.54, 1.807) is 18.0 Å². The molecule has 2 unspecified atom stereocenters. The molecule has 0 bridgehead atoms. The van der Waals surface area contributed by atoms with Gasteiger partial charge in [0.15, 0.2) is 0 Å². The molecule has 0 saturated carbocycles. The Morgan fingerprint density at radius 3 is 2.87 bits per heavy atom. The molecule has 0 aliphatic heterocycles. The van der Waals surface area contributed by atoms with E-state index in [1.807, 2.05) is 19.1 Å². The highest BCUT2D eigenvalue weighted by Crippen LogP contribution is 2.28. The van der Waals surface area contributed by atoms with Crippen LogP contribution in [0, 0.1) is 0 Å². The summed E-state index contributed by atoms with van der Waals surface area (Å²) in [6, 6.07) is 3.91. The molecule has 0 radical (unpaired) electrons. The van der Waals surface area contributed by atoms with Crippen LogP contribution < -0.4 is 5.73 Å². The molecule has 3 N–H and O–H groups in total. The quantitative estimate of drug-likeness (QED) is 0.754. The average molecular weight is 226 g/mol. The van der Waals surface area contributed by atoms with Crippen LogP contribution in [0.3, 0.4) is 0 Å². The summed E-state index contributed by atoms with van der Waals surface area (Å²) >= 11 is 1.67. The van der Waals surface area contributed by atoms with Crippen molar-refractivity contribution in [3.05, 3.63) is 23.9 Å². The molecule has 1 rings (SSSR count). The Morgan fingerprint density at radius 2 is 2.27 bits per heavy atom. The van der Waals surface area contributed by atoms with Gasteiger partial charge in [-0.05, 0) is 19.4 Å². The summed E-state index contributed by atoms with van der Waals surface area (Å²) in [5.74, 6) is 0. The van der Waals surface area contributed by atoms with Gasteiger partial charge in [-0.2, -0.15) is 0 Å². The molecular formula is C11H18N2OS. The summed E-state index contributed by atoms with van der Waals surface area (Å²) in [6.07, 6.45) is 2.56. The van der Waals surface area contributed by atoms with Gasteiger partial charge in [-0.3, -0.25) is 0 Å². The van der Waals surface area contributed by atoms with Gasteiger partial charge in [0.05, 0.1) is 0 Å². The highest BCUT2D eigenvalue weighted by Gasteiger charge is 2.11. The van der Waals surface area contributed by atoms with E-state index in [-0.39, 0.29) is 12.6 Å². The van der Waals surface area contributed by atoms with Crippen LogP contribution in [0.15, 0.2) is 23.4 Å². The number of rotatable bonds is 5. The Morgan fingerprint density at radius 1 is 1.53 bits per heavy atom. The second kappa shape index (κ2) is 6.10. The SMILES string of the molecule is CC(CCO)Sc1ncccc1C(C)N. The lowest BCUT2D eigenvalue weighted by Gasteiger charge is -2.14. The molecule has 15 heavy (non-hydrogen) atoms. The Kier molecular flexibility index (Phi) is 5.08. The zero-order valence-corrected chi connectivity index (χ0v) is 10.00. The summed E-state index contributed by atoms with van der Waals surface area (Å²) in [4.78, 5) is 4.32. The van der Waals surface area contributed by atoms with E-state index in [9.17, 15) is 0 Å². The fraction of sp³-hybridized carbons (Fsp3) is 0.545. The second-order valence-corrected chi connectivity index (χ2v) is 5.05. The van der Waals surface area contributed by atoms with Gasteiger partial charge in [-0.25, -0.2) is 4.98 Å². The van der Waals surface area contributed by atoms with Crippen molar-refractivity contribution in [2.75, 3.05) is 6.61 Å². The van der Waals surface area contributed by atoms with E-state index in [0.29, 0.717) is 5.25 Å². The third-order valence-corrected chi connectivity index (χ3v) is 3.34. The van der Waals surface area contributed by atoms with Crippen LogP contribution in [0.1, 0.15) is 31.9 Å². The van der Waals surface area contributed by atoms with Crippen LogP contribution in [0.25, 0.3) is 0 Å². The van der Waals surface area contributed by atoms with Gasteiger partial charge in [-0.1, -0.05) is 13.0 Å². The van der Waals surface area contributed by atoms with Gasteiger partial charge in [0.1, 0.15) is 5.03 Å².